The smallest absolute Gasteiger partial charge is 0.254 e. The molecule has 24 heavy (non-hydrogen) atoms. The van der Waals surface area contributed by atoms with Crippen LogP contribution in [0.15, 0.2) is 36.4 Å². The molecule has 1 fully saturated rings. The topological polar surface area (TPSA) is 32.8 Å². The highest BCUT2D eigenvalue weighted by molar-refractivity contribution is 5.94. The summed E-state index contributed by atoms with van der Waals surface area (Å²) in [6.07, 6.45) is 7.22. The van der Waals surface area contributed by atoms with Crippen molar-refractivity contribution < 1.29 is 9.53 Å². The van der Waals surface area contributed by atoms with Crippen molar-refractivity contribution >= 4 is 5.91 Å². The van der Waals surface area contributed by atoms with Crippen LogP contribution in [0.5, 0.6) is 5.75 Å². The maximum atomic E-state index is 13.1. The summed E-state index contributed by atoms with van der Waals surface area (Å²) in [6.45, 7) is 2.50. The third-order valence-electron chi connectivity index (χ3n) is 5.29. The van der Waals surface area contributed by atoms with E-state index < -0.39 is 0 Å². The summed E-state index contributed by atoms with van der Waals surface area (Å²) >= 11 is 0. The Kier molecular flexibility index (Phi) is 5.24. The molecule has 4 heteroatoms. The van der Waals surface area contributed by atoms with Crippen molar-refractivity contribution in [2.75, 3.05) is 40.8 Å². The molecule has 0 heterocycles. The van der Waals surface area contributed by atoms with E-state index in [1.165, 1.54) is 12.8 Å². The second kappa shape index (κ2) is 7.39. The van der Waals surface area contributed by atoms with Gasteiger partial charge < -0.3 is 14.5 Å². The molecule has 1 aromatic carbocycles. The van der Waals surface area contributed by atoms with E-state index >= 15 is 0 Å². The Morgan fingerprint density at radius 1 is 1.21 bits per heavy atom. The summed E-state index contributed by atoms with van der Waals surface area (Å²) in [6, 6.07) is 7.48. The Bertz CT molecular complexity index is 611. The first-order chi connectivity index (χ1) is 11.6. The van der Waals surface area contributed by atoms with Crippen molar-refractivity contribution in [3.05, 3.63) is 42.0 Å². The summed E-state index contributed by atoms with van der Waals surface area (Å²) in [5.41, 5.74) is 0.715. The molecule has 2 bridgehead atoms. The minimum absolute atomic E-state index is 0.113. The van der Waals surface area contributed by atoms with Gasteiger partial charge in [-0.15, -0.1) is 0 Å². The van der Waals surface area contributed by atoms with Crippen LogP contribution in [-0.2, 0) is 0 Å². The first-order valence-electron chi connectivity index (χ1n) is 8.83. The monoisotopic (exact) mass is 328 g/mol. The number of ether oxygens (including phenoxy) is 1. The maximum Gasteiger partial charge on any atom is 0.254 e. The number of methoxy groups -OCH3 is 1. The highest BCUT2D eigenvalue weighted by Crippen LogP contribution is 2.43. The number of amides is 1. The van der Waals surface area contributed by atoms with E-state index in [1.54, 1.807) is 7.11 Å². The fourth-order valence-electron chi connectivity index (χ4n) is 3.92. The average molecular weight is 328 g/mol. The largest absolute Gasteiger partial charge is 0.497 e. The zero-order valence-electron chi connectivity index (χ0n) is 14.9. The predicted octanol–water partition coefficient (Wildman–Crippen LogP) is 2.91. The standard InChI is InChI=1S/C20H28N2O2/c1-21(2)9-10-22(14-18-12-15-7-8-16(18)11-15)20(23)17-5-4-6-19(13-17)24-3/h4-8,13,15-16,18H,9-12,14H2,1-3H3. The number of nitrogens with zero attached hydrogens (tertiary/aromatic N) is 2. The minimum Gasteiger partial charge on any atom is -0.497 e. The number of allylic oxidation sites excluding steroid dienone is 2. The van der Waals surface area contributed by atoms with E-state index in [0.29, 0.717) is 17.4 Å². The minimum atomic E-state index is 0.113. The lowest BCUT2D eigenvalue weighted by atomic mass is 9.93. The van der Waals surface area contributed by atoms with Gasteiger partial charge in [0.15, 0.2) is 0 Å². The van der Waals surface area contributed by atoms with Crippen molar-refractivity contribution in [2.45, 2.75) is 12.8 Å². The lowest BCUT2D eigenvalue weighted by molar-refractivity contribution is 0.0706. The highest BCUT2D eigenvalue weighted by atomic mass is 16.5. The summed E-state index contributed by atoms with van der Waals surface area (Å²) in [5.74, 6) is 2.85. The molecule has 0 N–H and O–H groups in total. The Morgan fingerprint density at radius 2 is 2.04 bits per heavy atom. The summed E-state index contributed by atoms with van der Waals surface area (Å²) in [4.78, 5) is 17.2. The van der Waals surface area contributed by atoms with Crippen molar-refractivity contribution in [3.8, 4) is 5.75 Å². The molecule has 1 saturated carbocycles. The fourth-order valence-corrected chi connectivity index (χ4v) is 3.92. The van der Waals surface area contributed by atoms with Crippen molar-refractivity contribution in [1.29, 1.82) is 0 Å². The third kappa shape index (κ3) is 3.81. The Labute approximate surface area is 145 Å². The summed E-state index contributed by atoms with van der Waals surface area (Å²) in [7, 11) is 5.73. The van der Waals surface area contributed by atoms with Crippen molar-refractivity contribution in [3.63, 3.8) is 0 Å². The van der Waals surface area contributed by atoms with E-state index in [1.807, 2.05) is 29.2 Å². The molecule has 0 radical (unpaired) electrons. The molecule has 0 aliphatic heterocycles. The van der Waals surface area contributed by atoms with E-state index in [4.69, 9.17) is 4.74 Å². The third-order valence-corrected chi connectivity index (χ3v) is 5.29. The molecule has 1 aromatic rings. The molecule has 2 aliphatic carbocycles. The number of hydrogen-bond acceptors (Lipinski definition) is 3. The zero-order chi connectivity index (χ0) is 17.1. The lowest BCUT2D eigenvalue weighted by Gasteiger charge is -2.30. The van der Waals surface area contributed by atoms with Gasteiger partial charge in [0.25, 0.3) is 5.91 Å². The van der Waals surface area contributed by atoms with Gasteiger partial charge in [-0.05, 0) is 62.9 Å². The van der Waals surface area contributed by atoms with Crippen LogP contribution in [0.2, 0.25) is 0 Å². The molecule has 0 saturated heterocycles. The molecule has 2 aliphatic rings. The molecule has 1 amide bonds. The predicted molar refractivity (Wildman–Crippen MR) is 96.3 cm³/mol. The van der Waals surface area contributed by atoms with Crippen molar-refractivity contribution in [1.82, 2.24) is 9.80 Å². The number of hydrogen-bond donors (Lipinski definition) is 0. The summed E-state index contributed by atoms with van der Waals surface area (Å²) < 4.78 is 5.27. The van der Waals surface area contributed by atoms with Crippen LogP contribution in [0.3, 0.4) is 0 Å². The van der Waals surface area contributed by atoms with Crippen LogP contribution < -0.4 is 4.74 Å². The Balaban J connectivity index is 1.73. The molecule has 130 valence electrons. The second-order valence-electron chi connectivity index (χ2n) is 7.33. The van der Waals surface area contributed by atoms with Crippen LogP contribution in [0.4, 0.5) is 0 Å². The van der Waals surface area contributed by atoms with E-state index in [2.05, 4.69) is 31.1 Å². The molecule has 3 rings (SSSR count). The second-order valence-corrected chi connectivity index (χ2v) is 7.33. The normalized spacial score (nSPS) is 24.6. The van der Waals surface area contributed by atoms with Crippen LogP contribution >= 0.6 is 0 Å². The van der Waals surface area contributed by atoms with Gasteiger partial charge in [0.1, 0.15) is 5.75 Å². The highest BCUT2D eigenvalue weighted by Gasteiger charge is 2.37. The van der Waals surface area contributed by atoms with Gasteiger partial charge >= 0.3 is 0 Å². The van der Waals surface area contributed by atoms with Gasteiger partial charge in [-0.25, -0.2) is 0 Å². The van der Waals surface area contributed by atoms with Crippen LogP contribution in [0.25, 0.3) is 0 Å². The molecule has 4 nitrogen and oxygen atoms in total. The SMILES string of the molecule is COc1cccc(C(=O)N(CCN(C)C)CC2CC3C=CC2C3)c1. The quantitative estimate of drug-likeness (QED) is 0.722. The summed E-state index contributed by atoms with van der Waals surface area (Å²) in [5, 5.41) is 0. The molecule has 0 spiro atoms. The molecule has 3 atom stereocenters. The number of carbonyl (C=O) groups is 1. The van der Waals surface area contributed by atoms with Gasteiger partial charge in [-0.1, -0.05) is 18.2 Å². The first kappa shape index (κ1) is 17.0. The zero-order valence-corrected chi connectivity index (χ0v) is 14.9. The lowest BCUT2D eigenvalue weighted by Crippen LogP contribution is -2.40. The van der Waals surface area contributed by atoms with Gasteiger partial charge in [-0.2, -0.15) is 0 Å². The molecular formula is C20H28N2O2. The number of carbonyl (C=O) groups excluding carboxylic acids is 1. The van der Waals surface area contributed by atoms with Crippen molar-refractivity contribution in [2.24, 2.45) is 17.8 Å². The van der Waals surface area contributed by atoms with E-state index in [-0.39, 0.29) is 5.91 Å². The molecule has 3 unspecified atom stereocenters. The first-order valence-corrected chi connectivity index (χ1v) is 8.83. The van der Waals surface area contributed by atoms with Crippen LogP contribution in [-0.4, -0.2) is 56.5 Å². The Morgan fingerprint density at radius 3 is 2.67 bits per heavy atom. The fraction of sp³-hybridized carbons (Fsp3) is 0.550. The maximum absolute atomic E-state index is 13.1. The van der Waals surface area contributed by atoms with Gasteiger partial charge in [0, 0.05) is 25.2 Å². The average Bonchev–Trinajstić information content (AvgIpc) is 3.20. The number of rotatable bonds is 7. The van der Waals surface area contributed by atoms with Crippen LogP contribution in [0, 0.1) is 17.8 Å². The van der Waals surface area contributed by atoms with Crippen LogP contribution in [0.1, 0.15) is 23.2 Å². The number of likely N-dealkylation sites (N-methyl/N-ethyl adjacent to an activating group) is 1. The number of fused-ring (bicyclic) bond motifs is 2. The van der Waals surface area contributed by atoms with Gasteiger partial charge in [0.2, 0.25) is 0 Å². The van der Waals surface area contributed by atoms with E-state index in [0.717, 1.165) is 31.3 Å². The number of benzene rings is 1. The Hall–Kier alpha value is -1.81. The van der Waals surface area contributed by atoms with Gasteiger partial charge in [-0.3, -0.25) is 4.79 Å². The molecule has 0 aromatic heterocycles. The van der Waals surface area contributed by atoms with Gasteiger partial charge in [0.05, 0.1) is 7.11 Å². The van der Waals surface area contributed by atoms with E-state index in [9.17, 15) is 4.79 Å². The molecular weight excluding hydrogens is 300 g/mol.